The quantitative estimate of drug-likeness (QED) is 0.688. The Balaban J connectivity index is 3.98. The van der Waals surface area contributed by atoms with Crippen LogP contribution in [0.3, 0.4) is 0 Å². The first kappa shape index (κ1) is 12.6. The zero-order valence-electron chi connectivity index (χ0n) is 7.67. The third-order valence-electron chi connectivity index (χ3n) is 1.40. The molecule has 0 atom stereocenters. The van der Waals surface area contributed by atoms with Gasteiger partial charge in [-0.05, 0) is 6.92 Å². The number of hydrogen-bond acceptors (Lipinski definition) is 2. The summed E-state index contributed by atoms with van der Waals surface area (Å²) in [6.07, 6.45) is -2.64. The van der Waals surface area contributed by atoms with Gasteiger partial charge in [0.2, 0.25) is 0 Å². The van der Waals surface area contributed by atoms with Crippen LogP contribution in [0, 0.1) is 0 Å². The number of halogens is 2. The summed E-state index contributed by atoms with van der Waals surface area (Å²) in [5, 5.41) is 10.3. The minimum Gasteiger partial charge on any atom is -0.480 e. The molecule has 0 heterocycles. The highest BCUT2D eigenvalue weighted by molar-refractivity contribution is 5.79. The number of alkyl halides is 2. The van der Waals surface area contributed by atoms with Gasteiger partial charge in [0.15, 0.2) is 0 Å². The molecule has 14 heavy (non-hydrogen) atoms. The molecule has 0 aromatic carbocycles. The van der Waals surface area contributed by atoms with Gasteiger partial charge < -0.3 is 15.3 Å². The van der Waals surface area contributed by atoms with E-state index in [1.807, 2.05) is 5.32 Å². The number of nitrogens with zero attached hydrogens (tertiary/aromatic N) is 1. The number of rotatable bonds is 5. The molecule has 82 valence electrons. The van der Waals surface area contributed by atoms with Crippen molar-refractivity contribution < 1.29 is 23.5 Å². The smallest absolute Gasteiger partial charge is 0.323 e. The molecule has 2 amide bonds. The Morgan fingerprint density at radius 2 is 2.07 bits per heavy atom. The van der Waals surface area contributed by atoms with Gasteiger partial charge in [-0.1, -0.05) is 0 Å². The Labute approximate surface area is 79.7 Å². The van der Waals surface area contributed by atoms with Crippen molar-refractivity contribution in [3.05, 3.63) is 0 Å². The van der Waals surface area contributed by atoms with E-state index in [1.54, 1.807) is 6.92 Å². The maximum absolute atomic E-state index is 11.7. The minimum absolute atomic E-state index is 0.154. The molecule has 0 aromatic heterocycles. The second-order valence-electron chi connectivity index (χ2n) is 2.49. The molecule has 0 aliphatic carbocycles. The molecule has 0 aliphatic heterocycles. The summed E-state index contributed by atoms with van der Waals surface area (Å²) in [7, 11) is 0. The Kier molecular flexibility index (Phi) is 5.50. The summed E-state index contributed by atoms with van der Waals surface area (Å²) in [6, 6.07) is -0.796. The van der Waals surface area contributed by atoms with E-state index in [0.717, 1.165) is 4.90 Å². The molecular formula is C7H12F2N2O3. The molecule has 2 N–H and O–H groups in total. The largest absolute Gasteiger partial charge is 0.480 e. The summed E-state index contributed by atoms with van der Waals surface area (Å²) in [4.78, 5) is 22.2. The Bertz CT molecular complexity index is 211. The van der Waals surface area contributed by atoms with Gasteiger partial charge in [0.05, 0.1) is 6.54 Å². The van der Waals surface area contributed by atoms with Gasteiger partial charge in [-0.25, -0.2) is 13.6 Å². The number of likely N-dealkylation sites (N-methyl/N-ethyl adjacent to an activating group) is 1. The van der Waals surface area contributed by atoms with E-state index in [9.17, 15) is 18.4 Å². The highest BCUT2D eigenvalue weighted by atomic mass is 19.3. The van der Waals surface area contributed by atoms with E-state index in [0.29, 0.717) is 0 Å². The molecular weight excluding hydrogens is 198 g/mol. The first-order chi connectivity index (χ1) is 6.47. The summed E-state index contributed by atoms with van der Waals surface area (Å²) in [6.45, 7) is 0.451. The lowest BCUT2D eigenvalue weighted by Gasteiger charge is -2.18. The van der Waals surface area contributed by atoms with Crippen molar-refractivity contribution in [1.82, 2.24) is 10.2 Å². The second kappa shape index (κ2) is 6.11. The second-order valence-corrected chi connectivity index (χ2v) is 2.49. The highest BCUT2D eigenvalue weighted by Gasteiger charge is 2.15. The molecule has 0 radical (unpaired) electrons. The number of hydrogen-bond donors (Lipinski definition) is 2. The van der Waals surface area contributed by atoms with Crippen molar-refractivity contribution in [1.29, 1.82) is 0 Å². The average molecular weight is 210 g/mol. The number of carbonyl (C=O) groups excluding carboxylic acids is 1. The molecule has 0 saturated carbocycles. The molecule has 0 unspecified atom stereocenters. The van der Waals surface area contributed by atoms with Gasteiger partial charge >= 0.3 is 12.0 Å². The third kappa shape index (κ3) is 5.28. The van der Waals surface area contributed by atoms with E-state index in [-0.39, 0.29) is 6.54 Å². The third-order valence-corrected chi connectivity index (χ3v) is 1.40. The zero-order valence-corrected chi connectivity index (χ0v) is 7.67. The maximum Gasteiger partial charge on any atom is 0.323 e. The van der Waals surface area contributed by atoms with Crippen molar-refractivity contribution in [2.45, 2.75) is 13.3 Å². The molecule has 0 aromatic rings. The van der Waals surface area contributed by atoms with Crippen molar-refractivity contribution in [3.63, 3.8) is 0 Å². The van der Waals surface area contributed by atoms with E-state index in [1.165, 1.54) is 0 Å². The minimum atomic E-state index is -2.64. The number of nitrogens with one attached hydrogen (secondary N) is 1. The van der Waals surface area contributed by atoms with Crippen LogP contribution in [0.5, 0.6) is 0 Å². The normalized spacial score (nSPS) is 10.0. The van der Waals surface area contributed by atoms with Crippen molar-refractivity contribution in [3.8, 4) is 0 Å². The fourth-order valence-corrected chi connectivity index (χ4v) is 0.767. The lowest BCUT2D eigenvalue weighted by Crippen LogP contribution is -2.44. The maximum atomic E-state index is 11.7. The molecule has 5 nitrogen and oxygen atoms in total. The molecule has 0 spiro atoms. The predicted molar refractivity (Wildman–Crippen MR) is 44.3 cm³/mol. The molecule has 0 rings (SSSR count). The fraction of sp³-hybridized carbons (Fsp3) is 0.714. The van der Waals surface area contributed by atoms with Crippen LogP contribution in [-0.2, 0) is 4.79 Å². The van der Waals surface area contributed by atoms with Gasteiger partial charge in [0.1, 0.15) is 6.54 Å². The highest BCUT2D eigenvalue weighted by Crippen LogP contribution is 1.92. The van der Waals surface area contributed by atoms with Crippen LogP contribution in [0.2, 0.25) is 0 Å². The van der Waals surface area contributed by atoms with Crippen LogP contribution < -0.4 is 5.32 Å². The summed E-state index contributed by atoms with van der Waals surface area (Å²) >= 11 is 0. The van der Waals surface area contributed by atoms with Crippen LogP contribution >= 0.6 is 0 Å². The van der Waals surface area contributed by atoms with Crippen LogP contribution in [0.15, 0.2) is 0 Å². The zero-order chi connectivity index (χ0) is 11.1. The molecule has 0 bridgehead atoms. The van der Waals surface area contributed by atoms with E-state index in [4.69, 9.17) is 5.11 Å². The van der Waals surface area contributed by atoms with Crippen LogP contribution in [-0.4, -0.2) is 48.1 Å². The van der Waals surface area contributed by atoms with E-state index >= 15 is 0 Å². The standard InChI is InChI=1S/C7H12F2N2O3/c1-2-11(4-6(12)13)7(14)10-3-5(8)9/h5H,2-4H2,1H3,(H,10,14)(H,12,13). The first-order valence-corrected chi connectivity index (χ1v) is 4.00. The lowest BCUT2D eigenvalue weighted by molar-refractivity contribution is -0.137. The number of urea groups is 1. The molecule has 0 fully saturated rings. The van der Waals surface area contributed by atoms with Crippen LogP contribution in [0.25, 0.3) is 0 Å². The van der Waals surface area contributed by atoms with Crippen LogP contribution in [0.1, 0.15) is 6.92 Å². The van der Waals surface area contributed by atoms with Crippen LogP contribution in [0.4, 0.5) is 13.6 Å². The lowest BCUT2D eigenvalue weighted by atomic mass is 10.5. The summed E-state index contributed by atoms with van der Waals surface area (Å²) < 4.78 is 23.4. The van der Waals surface area contributed by atoms with Gasteiger partial charge in [-0.2, -0.15) is 0 Å². The van der Waals surface area contributed by atoms with Gasteiger partial charge in [-0.3, -0.25) is 4.79 Å². The van der Waals surface area contributed by atoms with Crippen molar-refractivity contribution in [2.75, 3.05) is 19.6 Å². The average Bonchev–Trinajstić information content (AvgIpc) is 2.09. The SMILES string of the molecule is CCN(CC(=O)O)C(=O)NCC(F)F. The number of amides is 2. The number of carbonyl (C=O) groups is 2. The first-order valence-electron chi connectivity index (χ1n) is 4.00. The number of aliphatic carboxylic acids is 1. The van der Waals surface area contributed by atoms with Gasteiger partial charge in [0.25, 0.3) is 6.43 Å². The van der Waals surface area contributed by atoms with Crippen molar-refractivity contribution >= 4 is 12.0 Å². The number of carboxylic acids is 1. The van der Waals surface area contributed by atoms with Crippen molar-refractivity contribution in [2.24, 2.45) is 0 Å². The Hall–Kier alpha value is -1.40. The Morgan fingerprint density at radius 3 is 2.43 bits per heavy atom. The molecule has 0 aliphatic rings. The summed E-state index contributed by atoms with van der Waals surface area (Å²) in [5.74, 6) is -1.18. The van der Waals surface area contributed by atoms with E-state index < -0.39 is 31.5 Å². The molecule has 0 saturated heterocycles. The van der Waals surface area contributed by atoms with E-state index in [2.05, 4.69) is 0 Å². The Morgan fingerprint density at radius 1 is 1.50 bits per heavy atom. The number of carboxylic acid groups (broad SMARTS) is 1. The topological polar surface area (TPSA) is 69.6 Å². The monoisotopic (exact) mass is 210 g/mol. The fourth-order valence-electron chi connectivity index (χ4n) is 0.767. The summed E-state index contributed by atoms with van der Waals surface area (Å²) in [5.41, 5.74) is 0. The predicted octanol–water partition coefficient (Wildman–Crippen LogP) is 0.368. The van der Waals surface area contributed by atoms with Gasteiger partial charge in [-0.15, -0.1) is 0 Å². The van der Waals surface area contributed by atoms with Gasteiger partial charge in [0, 0.05) is 6.54 Å². The molecule has 7 heteroatoms.